The molecule has 0 bridgehead atoms. The minimum Gasteiger partial charge on any atom is -0.383 e. The second kappa shape index (κ2) is 3.92. The largest absolute Gasteiger partial charge is 0.383 e. The van der Waals surface area contributed by atoms with Crippen LogP contribution in [0.3, 0.4) is 0 Å². The molecule has 2 aliphatic heterocycles. The summed E-state index contributed by atoms with van der Waals surface area (Å²) in [6.07, 6.45) is 0.503. The van der Waals surface area contributed by atoms with Gasteiger partial charge in [0, 0.05) is 13.5 Å². The zero-order valence-corrected chi connectivity index (χ0v) is 8.84. The van der Waals surface area contributed by atoms with Gasteiger partial charge in [-0.2, -0.15) is 0 Å². The Morgan fingerprint density at radius 1 is 1.67 bits per heavy atom. The molecule has 1 fully saturated rings. The number of aliphatic hydroxyl groups excluding tert-OH is 1. The van der Waals surface area contributed by atoms with Crippen LogP contribution in [0.2, 0.25) is 0 Å². The van der Waals surface area contributed by atoms with Crippen molar-refractivity contribution in [1.82, 2.24) is 4.90 Å². The number of hydrogen-bond acceptors (Lipinski definition) is 4. The highest BCUT2D eigenvalue weighted by atomic mass is 16.5. The lowest BCUT2D eigenvalue weighted by molar-refractivity contribution is -0.154. The van der Waals surface area contributed by atoms with E-state index in [0.29, 0.717) is 13.0 Å². The number of rotatable bonds is 2. The second-order valence-corrected chi connectivity index (χ2v) is 3.82. The quantitative estimate of drug-likeness (QED) is 0.648. The first-order valence-corrected chi connectivity index (χ1v) is 4.96. The van der Waals surface area contributed by atoms with E-state index in [0.717, 1.165) is 5.57 Å². The molecular weight excluding hydrogens is 198 g/mol. The van der Waals surface area contributed by atoms with Gasteiger partial charge >= 0.3 is 0 Å². The van der Waals surface area contributed by atoms with Crippen molar-refractivity contribution < 1.29 is 19.4 Å². The Kier molecular flexibility index (Phi) is 2.77. The third kappa shape index (κ3) is 1.67. The number of aliphatic hydroxyl groups is 1. The number of hydrogen-bond donors (Lipinski definition) is 1. The molecule has 1 saturated heterocycles. The molecule has 0 aromatic rings. The summed E-state index contributed by atoms with van der Waals surface area (Å²) in [6.45, 7) is 2.41. The lowest BCUT2D eigenvalue weighted by Crippen LogP contribution is -2.44. The molecule has 2 rings (SSSR count). The molecule has 0 aromatic heterocycles. The zero-order chi connectivity index (χ0) is 11.0. The van der Waals surface area contributed by atoms with Crippen LogP contribution >= 0.6 is 0 Å². The van der Waals surface area contributed by atoms with Gasteiger partial charge < -0.3 is 14.6 Å². The summed E-state index contributed by atoms with van der Waals surface area (Å²) < 4.78 is 10.6. The Hall–Kier alpha value is -0.910. The fraction of sp³-hybridized carbons (Fsp3) is 0.700. The molecule has 2 aliphatic rings. The number of nitrogens with zero attached hydrogens (tertiary/aromatic N) is 1. The summed E-state index contributed by atoms with van der Waals surface area (Å²) in [7, 11) is 1.52. The summed E-state index contributed by atoms with van der Waals surface area (Å²) in [4.78, 5) is 13.2. The van der Waals surface area contributed by atoms with Crippen molar-refractivity contribution in [2.45, 2.75) is 31.9 Å². The molecular formula is C10H15NO4. The van der Waals surface area contributed by atoms with E-state index in [-0.39, 0.29) is 18.4 Å². The first-order valence-electron chi connectivity index (χ1n) is 4.96. The molecule has 0 aliphatic carbocycles. The molecule has 0 radical (unpaired) electrons. The number of likely N-dealkylation sites (tertiary alicyclic amines) is 1. The van der Waals surface area contributed by atoms with Crippen molar-refractivity contribution in [2.24, 2.45) is 0 Å². The number of ether oxygens (including phenoxy) is 2. The van der Waals surface area contributed by atoms with Crippen molar-refractivity contribution in [2.75, 3.05) is 13.7 Å². The topological polar surface area (TPSA) is 59.0 Å². The number of amides is 1. The van der Waals surface area contributed by atoms with Crippen LogP contribution in [0.25, 0.3) is 0 Å². The monoisotopic (exact) mass is 213 g/mol. The van der Waals surface area contributed by atoms with Crippen LogP contribution in [0.15, 0.2) is 11.6 Å². The molecule has 3 atom stereocenters. The average molecular weight is 213 g/mol. The lowest BCUT2D eigenvalue weighted by atomic mass is 10.2. The van der Waals surface area contributed by atoms with Gasteiger partial charge in [0.2, 0.25) is 0 Å². The predicted octanol–water partition coefficient (Wildman–Crippen LogP) is -0.145. The van der Waals surface area contributed by atoms with Crippen LogP contribution in [-0.2, 0) is 14.3 Å². The summed E-state index contributed by atoms with van der Waals surface area (Å²) in [6, 6.07) is 0. The summed E-state index contributed by atoms with van der Waals surface area (Å²) in [5.41, 5.74) is 0.986. The van der Waals surface area contributed by atoms with Crippen molar-refractivity contribution in [3.63, 3.8) is 0 Å². The summed E-state index contributed by atoms with van der Waals surface area (Å²) in [5, 5.41) is 9.47. The Morgan fingerprint density at radius 2 is 2.40 bits per heavy atom. The Balaban J connectivity index is 2.19. The van der Waals surface area contributed by atoms with Gasteiger partial charge in [0.25, 0.3) is 5.91 Å². The average Bonchev–Trinajstić information content (AvgIpc) is 2.73. The zero-order valence-electron chi connectivity index (χ0n) is 8.84. The minimum absolute atomic E-state index is 0.308. The molecule has 0 saturated carbocycles. The van der Waals surface area contributed by atoms with E-state index in [1.165, 1.54) is 12.0 Å². The molecule has 0 unspecified atom stereocenters. The van der Waals surface area contributed by atoms with Crippen molar-refractivity contribution in [3.8, 4) is 0 Å². The predicted molar refractivity (Wildman–Crippen MR) is 51.8 cm³/mol. The molecule has 1 N–H and O–H groups in total. The highest BCUT2D eigenvalue weighted by molar-refractivity contribution is 5.83. The third-order valence-corrected chi connectivity index (χ3v) is 2.85. The molecule has 1 amide bonds. The summed E-state index contributed by atoms with van der Waals surface area (Å²) >= 11 is 0. The van der Waals surface area contributed by atoms with Crippen molar-refractivity contribution >= 4 is 5.91 Å². The fourth-order valence-electron chi connectivity index (χ4n) is 2.00. The lowest BCUT2D eigenvalue weighted by Gasteiger charge is -2.29. The Labute approximate surface area is 88.3 Å². The Morgan fingerprint density at radius 3 is 2.93 bits per heavy atom. The van der Waals surface area contributed by atoms with Gasteiger partial charge in [0.1, 0.15) is 12.3 Å². The molecule has 84 valence electrons. The number of carbonyl (C=O) groups excluding carboxylic acids is 1. The maximum absolute atomic E-state index is 11.7. The molecule has 5 nitrogen and oxygen atoms in total. The fourth-order valence-corrected chi connectivity index (χ4v) is 2.00. The first-order chi connectivity index (χ1) is 7.15. The normalized spacial score (nSPS) is 36.2. The van der Waals surface area contributed by atoms with Gasteiger partial charge in [-0.3, -0.25) is 9.69 Å². The van der Waals surface area contributed by atoms with Gasteiger partial charge in [0.15, 0.2) is 6.23 Å². The van der Waals surface area contributed by atoms with Gasteiger partial charge in [0.05, 0.1) is 6.61 Å². The SMILES string of the molecule is CO[C@@H]1C[C@@H](O)C(=O)N1[C@@H]1OCC=C1C. The van der Waals surface area contributed by atoms with Crippen molar-refractivity contribution in [3.05, 3.63) is 11.6 Å². The smallest absolute Gasteiger partial charge is 0.255 e. The minimum atomic E-state index is -0.966. The highest BCUT2D eigenvalue weighted by Gasteiger charge is 2.44. The molecule has 2 heterocycles. The summed E-state index contributed by atoms with van der Waals surface area (Å²) in [5.74, 6) is -0.318. The van der Waals surface area contributed by atoms with E-state index in [1.807, 2.05) is 13.0 Å². The van der Waals surface area contributed by atoms with Gasteiger partial charge in [-0.25, -0.2) is 0 Å². The van der Waals surface area contributed by atoms with E-state index in [4.69, 9.17) is 9.47 Å². The standard InChI is InChI=1S/C10H15NO4/c1-6-3-4-15-10(6)11-8(14-2)5-7(12)9(11)13/h3,7-8,10,12H,4-5H2,1-2H3/t7-,8-,10-/m1/s1. The van der Waals surface area contributed by atoms with E-state index in [9.17, 15) is 9.90 Å². The molecule has 5 heteroatoms. The van der Waals surface area contributed by atoms with E-state index in [1.54, 1.807) is 0 Å². The van der Waals surface area contributed by atoms with Crippen molar-refractivity contribution in [1.29, 1.82) is 0 Å². The first kappa shape index (κ1) is 10.6. The van der Waals surface area contributed by atoms with Crippen LogP contribution in [0, 0.1) is 0 Å². The Bertz CT molecular complexity index is 302. The van der Waals surface area contributed by atoms with Crippen LogP contribution in [0.1, 0.15) is 13.3 Å². The maximum atomic E-state index is 11.7. The van der Waals surface area contributed by atoms with E-state index >= 15 is 0 Å². The molecule has 15 heavy (non-hydrogen) atoms. The number of methoxy groups -OCH3 is 1. The van der Waals surface area contributed by atoms with Gasteiger partial charge in [-0.1, -0.05) is 6.08 Å². The van der Waals surface area contributed by atoms with Crippen LogP contribution in [0.4, 0.5) is 0 Å². The third-order valence-electron chi connectivity index (χ3n) is 2.85. The molecule has 0 spiro atoms. The maximum Gasteiger partial charge on any atom is 0.255 e. The van der Waals surface area contributed by atoms with Crippen LogP contribution in [0.5, 0.6) is 0 Å². The van der Waals surface area contributed by atoms with Gasteiger partial charge in [-0.15, -0.1) is 0 Å². The van der Waals surface area contributed by atoms with Gasteiger partial charge in [-0.05, 0) is 12.5 Å². The number of carbonyl (C=O) groups is 1. The van der Waals surface area contributed by atoms with Crippen LogP contribution < -0.4 is 0 Å². The molecule has 0 aromatic carbocycles. The highest BCUT2D eigenvalue weighted by Crippen LogP contribution is 2.28. The van der Waals surface area contributed by atoms with Crippen LogP contribution in [-0.4, -0.2) is 48.2 Å². The second-order valence-electron chi connectivity index (χ2n) is 3.82. The van der Waals surface area contributed by atoms with E-state index < -0.39 is 6.10 Å². The van der Waals surface area contributed by atoms with E-state index in [2.05, 4.69) is 0 Å².